The molecule has 0 spiro atoms. The van der Waals surface area contributed by atoms with Gasteiger partial charge in [-0.05, 0) is 41.2 Å². The minimum absolute atomic E-state index is 0.0559. The molecule has 0 saturated heterocycles. The Bertz CT molecular complexity index is 548. The lowest BCUT2D eigenvalue weighted by Crippen LogP contribution is -2.12. The van der Waals surface area contributed by atoms with Gasteiger partial charge in [0.05, 0.1) is 0 Å². The van der Waals surface area contributed by atoms with Crippen molar-refractivity contribution >= 4 is 0 Å². The molecule has 0 atom stereocenters. The van der Waals surface area contributed by atoms with Gasteiger partial charge < -0.3 is 5.11 Å². The maximum atomic E-state index is 10.2. The van der Waals surface area contributed by atoms with E-state index in [2.05, 4.69) is 39.0 Å². The van der Waals surface area contributed by atoms with Crippen molar-refractivity contribution in [2.45, 2.75) is 33.1 Å². The third kappa shape index (κ3) is 2.40. The number of phenols is 1. The van der Waals surface area contributed by atoms with E-state index in [0.29, 0.717) is 5.75 Å². The van der Waals surface area contributed by atoms with Crippen molar-refractivity contribution in [3.05, 3.63) is 53.6 Å². The van der Waals surface area contributed by atoms with Gasteiger partial charge in [0.25, 0.3) is 0 Å². The van der Waals surface area contributed by atoms with E-state index in [9.17, 15) is 5.11 Å². The van der Waals surface area contributed by atoms with E-state index in [-0.39, 0.29) is 5.41 Å². The summed E-state index contributed by atoms with van der Waals surface area (Å²) in [6, 6.07) is 14.4. The van der Waals surface area contributed by atoms with Gasteiger partial charge in [0.2, 0.25) is 0 Å². The molecule has 0 fully saturated rings. The molecule has 0 radical (unpaired) electrons. The lowest BCUT2D eigenvalue weighted by Gasteiger charge is -2.22. The molecule has 2 rings (SSSR count). The first-order valence-corrected chi connectivity index (χ1v) is 6.29. The Morgan fingerprint density at radius 1 is 0.889 bits per heavy atom. The van der Waals surface area contributed by atoms with Crippen LogP contribution in [0.25, 0.3) is 11.1 Å². The van der Waals surface area contributed by atoms with Gasteiger partial charge >= 0.3 is 0 Å². The molecule has 0 aliphatic heterocycles. The number of rotatable bonds is 1. The zero-order chi connectivity index (χ0) is 13.3. The Kier molecular flexibility index (Phi) is 3.16. The van der Waals surface area contributed by atoms with Gasteiger partial charge in [0.1, 0.15) is 5.75 Å². The third-order valence-electron chi connectivity index (χ3n) is 3.22. The highest BCUT2D eigenvalue weighted by molar-refractivity contribution is 5.67. The zero-order valence-corrected chi connectivity index (χ0v) is 11.5. The summed E-state index contributed by atoms with van der Waals surface area (Å²) in [6.07, 6.45) is 0. The summed E-state index contributed by atoms with van der Waals surface area (Å²) >= 11 is 0. The van der Waals surface area contributed by atoms with Crippen molar-refractivity contribution in [2.24, 2.45) is 0 Å². The van der Waals surface area contributed by atoms with E-state index < -0.39 is 0 Å². The van der Waals surface area contributed by atoms with E-state index in [1.165, 1.54) is 5.56 Å². The number of hydrogen-bond acceptors (Lipinski definition) is 1. The predicted octanol–water partition coefficient (Wildman–Crippen LogP) is 4.67. The first-order valence-electron chi connectivity index (χ1n) is 6.29. The van der Waals surface area contributed by atoms with Gasteiger partial charge in [-0.2, -0.15) is 0 Å². The first-order chi connectivity index (χ1) is 8.39. The molecule has 0 bridgehead atoms. The summed E-state index contributed by atoms with van der Waals surface area (Å²) in [5.74, 6) is 0.419. The predicted molar refractivity (Wildman–Crippen MR) is 77.0 cm³/mol. The molecule has 2 aromatic rings. The Balaban J connectivity index is 2.62. The number of aryl methyl sites for hydroxylation is 1. The van der Waals surface area contributed by atoms with Crippen molar-refractivity contribution in [1.82, 2.24) is 0 Å². The molecule has 1 nitrogen and oxygen atoms in total. The van der Waals surface area contributed by atoms with Gasteiger partial charge in [0, 0.05) is 5.56 Å². The Labute approximate surface area is 109 Å². The summed E-state index contributed by atoms with van der Waals surface area (Å²) < 4.78 is 0. The van der Waals surface area contributed by atoms with Crippen LogP contribution in [-0.4, -0.2) is 5.11 Å². The van der Waals surface area contributed by atoms with Gasteiger partial charge in [-0.3, -0.25) is 0 Å². The average molecular weight is 240 g/mol. The highest BCUT2D eigenvalue weighted by atomic mass is 16.3. The van der Waals surface area contributed by atoms with Crippen LogP contribution in [-0.2, 0) is 5.41 Å². The second kappa shape index (κ2) is 4.49. The molecule has 0 amide bonds. The molecule has 0 heterocycles. The molecule has 2 aromatic carbocycles. The van der Waals surface area contributed by atoms with E-state index in [1.807, 2.05) is 31.2 Å². The van der Waals surface area contributed by atoms with Crippen LogP contribution >= 0.6 is 0 Å². The first kappa shape index (κ1) is 12.7. The summed E-state index contributed by atoms with van der Waals surface area (Å²) in [6.45, 7) is 8.32. The molecule has 0 unspecified atom stereocenters. The van der Waals surface area contributed by atoms with E-state index in [1.54, 1.807) is 0 Å². The Hall–Kier alpha value is -1.76. The highest BCUT2D eigenvalue weighted by Crippen LogP contribution is 2.36. The molecule has 0 saturated carbocycles. The van der Waals surface area contributed by atoms with E-state index in [0.717, 1.165) is 16.7 Å². The monoisotopic (exact) mass is 240 g/mol. The summed E-state index contributed by atoms with van der Waals surface area (Å²) in [7, 11) is 0. The minimum Gasteiger partial charge on any atom is -0.507 e. The topological polar surface area (TPSA) is 20.2 Å². The maximum Gasteiger partial charge on any atom is 0.122 e. The average Bonchev–Trinajstić information content (AvgIpc) is 2.32. The van der Waals surface area contributed by atoms with Crippen molar-refractivity contribution in [3.8, 4) is 16.9 Å². The van der Waals surface area contributed by atoms with Crippen molar-refractivity contribution in [1.29, 1.82) is 0 Å². The second-order valence-electron chi connectivity index (χ2n) is 5.81. The van der Waals surface area contributed by atoms with Gasteiger partial charge in [-0.15, -0.1) is 0 Å². The summed E-state index contributed by atoms with van der Waals surface area (Å²) in [4.78, 5) is 0. The van der Waals surface area contributed by atoms with Crippen LogP contribution in [0, 0.1) is 6.92 Å². The molecule has 94 valence electrons. The lowest BCUT2D eigenvalue weighted by atomic mass is 9.83. The molecule has 1 heteroatoms. The number of aromatic hydroxyl groups is 1. The fourth-order valence-corrected chi connectivity index (χ4v) is 2.15. The molecular formula is C17H20O. The molecular weight excluding hydrogens is 220 g/mol. The zero-order valence-electron chi connectivity index (χ0n) is 11.5. The number of hydrogen-bond donors (Lipinski definition) is 1. The Morgan fingerprint density at radius 2 is 1.50 bits per heavy atom. The molecule has 0 aromatic heterocycles. The molecule has 0 aliphatic rings. The fraction of sp³-hybridized carbons (Fsp3) is 0.294. The molecule has 1 N–H and O–H groups in total. The van der Waals surface area contributed by atoms with Gasteiger partial charge in [-0.1, -0.05) is 51.1 Å². The SMILES string of the molecule is Cc1cc(-c2ccccc2)cc(C(C)(C)C)c1O. The molecule has 18 heavy (non-hydrogen) atoms. The highest BCUT2D eigenvalue weighted by Gasteiger charge is 2.20. The van der Waals surface area contributed by atoms with Gasteiger partial charge in [0.15, 0.2) is 0 Å². The number of phenolic OH excluding ortho intramolecular Hbond substituents is 1. The smallest absolute Gasteiger partial charge is 0.122 e. The van der Waals surface area contributed by atoms with Crippen LogP contribution in [0.4, 0.5) is 0 Å². The number of benzene rings is 2. The van der Waals surface area contributed by atoms with E-state index >= 15 is 0 Å². The molecule has 0 aliphatic carbocycles. The van der Waals surface area contributed by atoms with Crippen molar-refractivity contribution < 1.29 is 5.11 Å². The maximum absolute atomic E-state index is 10.2. The minimum atomic E-state index is -0.0559. The lowest BCUT2D eigenvalue weighted by molar-refractivity contribution is 0.443. The van der Waals surface area contributed by atoms with Crippen LogP contribution in [0.2, 0.25) is 0 Å². The van der Waals surface area contributed by atoms with Crippen molar-refractivity contribution in [2.75, 3.05) is 0 Å². The van der Waals surface area contributed by atoms with Gasteiger partial charge in [-0.25, -0.2) is 0 Å². The van der Waals surface area contributed by atoms with Crippen LogP contribution in [0.1, 0.15) is 31.9 Å². The van der Waals surface area contributed by atoms with Crippen LogP contribution < -0.4 is 0 Å². The quantitative estimate of drug-likeness (QED) is 0.768. The largest absolute Gasteiger partial charge is 0.507 e. The summed E-state index contributed by atoms with van der Waals surface area (Å²) in [5, 5.41) is 10.2. The van der Waals surface area contributed by atoms with Crippen LogP contribution in [0.15, 0.2) is 42.5 Å². The summed E-state index contributed by atoms with van der Waals surface area (Å²) in [5.41, 5.74) is 4.23. The van der Waals surface area contributed by atoms with Crippen LogP contribution in [0.3, 0.4) is 0 Å². The standard InChI is InChI=1S/C17H20O/c1-12-10-14(13-8-6-5-7-9-13)11-15(16(12)18)17(2,3)4/h5-11,18H,1-4H3. The van der Waals surface area contributed by atoms with E-state index in [4.69, 9.17) is 0 Å². The third-order valence-corrected chi connectivity index (χ3v) is 3.22. The van der Waals surface area contributed by atoms with Crippen LogP contribution in [0.5, 0.6) is 5.75 Å². The fourth-order valence-electron chi connectivity index (χ4n) is 2.15. The normalized spacial score (nSPS) is 11.6. The van der Waals surface area contributed by atoms with Crippen molar-refractivity contribution in [3.63, 3.8) is 0 Å². The second-order valence-corrected chi connectivity index (χ2v) is 5.81. The Morgan fingerprint density at radius 3 is 2.06 bits per heavy atom.